The molecule has 4 rings (SSSR count). The zero-order chi connectivity index (χ0) is 22.4. The molecule has 3 aromatic rings. The number of hydrogen-bond acceptors (Lipinski definition) is 3. The molecule has 2 N–H and O–H groups in total. The van der Waals surface area contributed by atoms with Crippen LogP contribution in [0.1, 0.15) is 81.5 Å². The Morgan fingerprint density at radius 2 is 1.77 bits per heavy atom. The third kappa shape index (κ3) is 6.84. The van der Waals surface area contributed by atoms with E-state index in [1.165, 1.54) is 32.1 Å². The number of aromatic carboxylic acids is 1. The zero-order valence-electron chi connectivity index (χ0n) is 19.1. The number of rotatable bonds is 5. The monoisotopic (exact) mass is 422 g/mol. The Kier molecular flexibility index (Phi) is 7.37. The molecule has 1 heterocycles. The Morgan fingerprint density at radius 1 is 1.10 bits per heavy atom. The van der Waals surface area contributed by atoms with Crippen molar-refractivity contribution in [3.05, 3.63) is 59.4 Å². The first kappa shape index (κ1) is 22.9. The summed E-state index contributed by atoms with van der Waals surface area (Å²) >= 11 is 0. The first-order chi connectivity index (χ1) is 14.7. The highest BCUT2D eigenvalue weighted by molar-refractivity contribution is 5.92. The number of fused-ring (bicyclic) bond motifs is 1. The quantitative estimate of drug-likeness (QED) is 0.485. The molecule has 0 amide bonds. The van der Waals surface area contributed by atoms with Gasteiger partial charge in [0.05, 0.1) is 22.7 Å². The van der Waals surface area contributed by atoms with Gasteiger partial charge in [0.2, 0.25) is 0 Å². The average molecular weight is 423 g/mol. The van der Waals surface area contributed by atoms with Crippen LogP contribution in [0, 0.1) is 5.41 Å². The number of imidazole rings is 1. The van der Waals surface area contributed by atoms with Gasteiger partial charge in [-0.1, -0.05) is 45.2 Å². The van der Waals surface area contributed by atoms with Gasteiger partial charge in [-0.15, -0.1) is 0 Å². The summed E-state index contributed by atoms with van der Waals surface area (Å²) in [6.45, 7) is 8.75. The largest absolute Gasteiger partial charge is 0.491 e. The number of H-pyrrole nitrogens is 1. The van der Waals surface area contributed by atoms with Gasteiger partial charge in [-0.05, 0) is 68.0 Å². The predicted molar refractivity (Wildman–Crippen MR) is 125 cm³/mol. The minimum atomic E-state index is -0.941. The summed E-state index contributed by atoms with van der Waals surface area (Å²) in [6.07, 6.45) is 8.11. The van der Waals surface area contributed by atoms with E-state index in [1.54, 1.807) is 18.2 Å². The SMILES string of the molecule is CC(C)Oc1ccc(Cc2nc3ccc(C(=O)O)cc3[nH]2)cc1.CC1(C)CCCCC1. The number of nitrogens with zero attached hydrogens (tertiary/aromatic N) is 1. The maximum atomic E-state index is 11.0. The van der Waals surface area contributed by atoms with Crippen LogP contribution in [0.15, 0.2) is 42.5 Å². The standard InChI is InChI=1S/C18H18N2O3.C8H16/c1-11(2)23-14-6-3-12(4-7-14)9-17-19-15-8-5-13(18(21)22)10-16(15)20-17;1-8(2)6-4-3-5-7-8/h3-8,10-11H,9H2,1-2H3,(H,19,20)(H,21,22);3-7H2,1-2H3. The number of benzene rings is 2. The summed E-state index contributed by atoms with van der Waals surface area (Å²) in [6, 6.07) is 12.8. The van der Waals surface area contributed by atoms with E-state index in [2.05, 4.69) is 23.8 Å². The molecule has 0 atom stereocenters. The average Bonchev–Trinajstić information content (AvgIpc) is 3.11. The van der Waals surface area contributed by atoms with Gasteiger partial charge in [0.25, 0.3) is 0 Å². The molecule has 1 aromatic heterocycles. The topological polar surface area (TPSA) is 75.2 Å². The highest BCUT2D eigenvalue weighted by atomic mass is 16.5. The predicted octanol–water partition coefficient (Wildman–Crippen LogP) is 6.62. The number of ether oxygens (including phenoxy) is 1. The lowest BCUT2D eigenvalue weighted by atomic mass is 9.78. The molecule has 1 aliphatic carbocycles. The summed E-state index contributed by atoms with van der Waals surface area (Å²) in [5.41, 5.74) is 3.55. The number of aromatic nitrogens is 2. The Morgan fingerprint density at radius 3 is 2.32 bits per heavy atom. The third-order valence-corrected chi connectivity index (χ3v) is 5.65. The molecular weight excluding hydrogens is 388 g/mol. The van der Waals surface area contributed by atoms with Crippen molar-refractivity contribution >= 4 is 17.0 Å². The smallest absolute Gasteiger partial charge is 0.335 e. The van der Waals surface area contributed by atoms with E-state index in [9.17, 15) is 4.79 Å². The van der Waals surface area contributed by atoms with Crippen molar-refractivity contribution in [2.75, 3.05) is 0 Å². The van der Waals surface area contributed by atoms with Gasteiger partial charge in [-0.25, -0.2) is 9.78 Å². The van der Waals surface area contributed by atoms with E-state index >= 15 is 0 Å². The summed E-state index contributed by atoms with van der Waals surface area (Å²) in [5, 5.41) is 9.03. The fraction of sp³-hybridized carbons (Fsp3) is 0.462. The number of carboxylic acid groups (broad SMARTS) is 1. The van der Waals surface area contributed by atoms with Gasteiger partial charge in [0.15, 0.2) is 0 Å². The molecule has 0 radical (unpaired) electrons. The Balaban J connectivity index is 0.000000287. The second-order valence-corrected chi connectivity index (χ2v) is 9.43. The molecule has 0 aliphatic heterocycles. The van der Waals surface area contributed by atoms with Gasteiger partial charge in [-0.3, -0.25) is 0 Å². The van der Waals surface area contributed by atoms with Crippen molar-refractivity contribution in [3.8, 4) is 5.75 Å². The maximum absolute atomic E-state index is 11.0. The summed E-state index contributed by atoms with van der Waals surface area (Å²) < 4.78 is 5.62. The third-order valence-electron chi connectivity index (χ3n) is 5.65. The second kappa shape index (κ2) is 9.99. The lowest BCUT2D eigenvalue weighted by molar-refractivity contribution is 0.0697. The van der Waals surface area contributed by atoms with Crippen LogP contribution in [0.5, 0.6) is 5.75 Å². The second-order valence-electron chi connectivity index (χ2n) is 9.43. The number of carboxylic acids is 1. The summed E-state index contributed by atoms with van der Waals surface area (Å²) in [5.74, 6) is 0.711. The van der Waals surface area contributed by atoms with Crippen LogP contribution in [0.3, 0.4) is 0 Å². The van der Waals surface area contributed by atoms with Crippen molar-refractivity contribution in [2.45, 2.75) is 72.3 Å². The summed E-state index contributed by atoms with van der Waals surface area (Å²) in [4.78, 5) is 18.7. The van der Waals surface area contributed by atoms with Crippen LogP contribution < -0.4 is 4.74 Å². The molecule has 31 heavy (non-hydrogen) atoms. The molecule has 0 unspecified atom stereocenters. The van der Waals surface area contributed by atoms with Crippen LogP contribution in [0.25, 0.3) is 11.0 Å². The Hall–Kier alpha value is -2.82. The highest BCUT2D eigenvalue weighted by Crippen LogP contribution is 2.34. The minimum Gasteiger partial charge on any atom is -0.491 e. The van der Waals surface area contributed by atoms with Gasteiger partial charge < -0.3 is 14.8 Å². The van der Waals surface area contributed by atoms with E-state index in [4.69, 9.17) is 9.84 Å². The van der Waals surface area contributed by atoms with Crippen molar-refractivity contribution in [3.63, 3.8) is 0 Å². The van der Waals surface area contributed by atoms with E-state index in [-0.39, 0.29) is 11.7 Å². The van der Waals surface area contributed by atoms with Crippen LogP contribution >= 0.6 is 0 Å². The molecule has 166 valence electrons. The first-order valence-corrected chi connectivity index (χ1v) is 11.2. The van der Waals surface area contributed by atoms with Gasteiger partial charge in [0.1, 0.15) is 11.6 Å². The molecule has 1 saturated carbocycles. The summed E-state index contributed by atoms with van der Waals surface area (Å²) in [7, 11) is 0. The van der Waals surface area contributed by atoms with E-state index in [1.807, 2.05) is 38.1 Å². The van der Waals surface area contributed by atoms with E-state index in [0.29, 0.717) is 11.8 Å². The maximum Gasteiger partial charge on any atom is 0.335 e. The molecular formula is C26H34N2O3. The number of hydrogen-bond donors (Lipinski definition) is 2. The van der Waals surface area contributed by atoms with Crippen LogP contribution in [0.4, 0.5) is 0 Å². The molecule has 5 heteroatoms. The van der Waals surface area contributed by atoms with Crippen LogP contribution in [-0.2, 0) is 6.42 Å². The first-order valence-electron chi connectivity index (χ1n) is 11.2. The molecule has 0 saturated heterocycles. The van der Waals surface area contributed by atoms with Gasteiger partial charge in [0, 0.05) is 6.42 Å². The molecule has 1 fully saturated rings. The fourth-order valence-electron chi connectivity index (χ4n) is 3.94. The Labute approximate surface area is 184 Å². The van der Waals surface area contributed by atoms with Crippen molar-refractivity contribution < 1.29 is 14.6 Å². The van der Waals surface area contributed by atoms with Crippen LogP contribution in [0.2, 0.25) is 0 Å². The normalized spacial score (nSPS) is 15.4. The van der Waals surface area contributed by atoms with Crippen molar-refractivity contribution in [2.24, 2.45) is 5.41 Å². The minimum absolute atomic E-state index is 0.152. The lowest BCUT2D eigenvalue weighted by Crippen LogP contribution is -2.14. The van der Waals surface area contributed by atoms with Gasteiger partial charge >= 0.3 is 5.97 Å². The fourth-order valence-corrected chi connectivity index (χ4v) is 3.94. The van der Waals surface area contributed by atoms with Gasteiger partial charge in [-0.2, -0.15) is 0 Å². The van der Waals surface area contributed by atoms with E-state index in [0.717, 1.165) is 28.2 Å². The van der Waals surface area contributed by atoms with Crippen LogP contribution in [-0.4, -0.2) is 27.1 Å². The Bertz CT molecular complexity index is 995. The van der Waals surface area contributed by atoms with Crippen molar-refractivity contribution in [1.82, 2.24) is 9.97 Å². The van der Waals surface area contributed by atoms with Crippen molar-refractivity contribution in [1.29, 1.82) is 0 Å². The molecule has 2 aromatic carbocycles. The lowest BCUT2D eigenvalue weighted by Gasteiger charge is -2.28. The number of carbonyl (C=O) groups is 1. The number of aromatic amines is 1. The van der Waals surface area contributed by atoms with E-state index < -0.39 is 5.97 Å². The molecule has 0 bridgehead atoms. The highest BCUT2D eigenvalue weighted by Gasteiger charge is 2.19. The molecule has 1 aliphatic rings. The number of nitrogens with one attached hydrogen (secondary N) is 1. The molecule has 5 nitrogen and oxygen atoms in total. The molecule has 0 spiro atoms. The zero-order valence-corrected chi connectivity index (χ0v) is 19.1.